The van der Waals surface area contributed by atoms with Crippen molar-refractivity contribution in [3.05, 3.63) is 58.9 Å². The summed E-state index contributed by atoms with van der Waals surface area (Å²) in [5, 5.41) is -0.197. The number of nitrogens with zero attached hydrogens (tertiary/aromatic N) is 2. The minimum absolute atomic E-state index is 0.166. The molecule has 1 atom stereocenters. The first-order valence-electron chi connectivity index (χ1n) is 9.07. The van der Waals surface area contributed by atoms with E-state index >= 15 is 0 Å². The Hall–Kier alpha value is -2.12. The van der Waals surface area contributed by atoms with Crippen LogP contribution in [0.5, 0.6) is 0 Å². The number of para-hydroxylation sites is 1. The summed E-state index contributed by atoms with van der Waals surface area (Å²) in [5.41, 5.74) is 2.04. The van der Waals surface area contributed by atoms with Crippen molar-refractivity contribution >= 4 is 38.9 Å². The normalized spacial score (nSPS) is 15.1. The summed E-state index contributed by atoms with van der Waals surface area (Å²) in [6.07, 6.45) is 2.98. The molecule has 1 amide bonds. The van der Waals surface area contributed by atoms with Gasteiger partial charge in [-0.05, 0) is 49.1 Å². The molecule has 0 bridgehead atoms. The molecule has 0 fully saturated rings. The number of fused-ring (bicyclic) bond motifs is 1. The number of anilines is 2. The third-order valence-corrected chi connectivity index (χ3v) is 6.32. The number of hydrogen-bond acceptors (Lipinski definition) is 3. The molecule has 28 heavy (non-hydrogen) atoms. The smallest absolute Gasteiger partial charge is 0.250 e. The Kier molecular flexibility index (Phi) is 5.95. The summed E-state index contributed by atoms with van der Waals surface area (Å²) in [4.78, 5) is 15.1. The summed E-state index contributed by atoms with van der Waals surface area (Å²) in [5.74, 6) is -0.955. The van der Waals surface area contributed by atoms with Gasteiger partial charge in [0.05, 0.1) is 17.0 Å². The van der Waals surface area contributed by atoms with Gasteiger partial charge in [-0.15, -0.1) is 0 Å². The maximum atomic E-state index is 13.6. The largest absolute Gasteiger partial charge is 0.310 e. The Balaban J connectivity index is 2.04. The first kappa shape index (κ1) is 20.6. The van der Waals surface area contributed by atoms with Gasteiger partial charge in [0.15, 0.2) is 0 Å². The number of aryl methyl sites for hydroxylation is 1. The fourth-order valence-corrected chi connectivity index (χ4v) is 4.98. The van der Waals surface area contributed by atoms with E-state index in [1.807, 2.05) is 24.3 Å². The summed E-state index contributed by atoms with van der Waals surface area (Å²) < 4.78 is 39.8. The maximum Gasteiger partial charge on any atom is 0.250 e. The molecular formula is C20H22ClFN2O3S. The minimum atomic E-state index is -3.82. The van der Waals surface area contributed by atoms with Crippen LogP contribution < -0.4 is 9.21 Å². The molecule has 0 aromatic heterocycles. The van der Waals surface area contributed by atoms with Gasteiger partial charge in [0.1, 0.15) is 11.9 Å². The monoisotopic (exact) mass is 424 g/mol. The molecule has 0 radical (unpaired) electrons. The first-order chi connectivity index (χ1) is 13.2. The molecule has 1 heterocycles. The average Bonchev–Trinajstić information content (AvgIpc) is 2.66. The van der Waals surface area contributed by atoms with Crippen LogP contribution in [0.3, 0.4) is 0 Å². The number of rotatable bonds is 5. The Bertz CT molecular complexity index is 997. The quantitative estimate of drug-likeness (QED) is 0.728. The second kappa shape index (κ2) is 8.09. The van der Waals surface area contributed by atoms with Crippen LogP contribution in [0, 0.1) is 5.82 Å². The third-order valence-electron chi connectivity index (χ3n) is 4.85. The number of benzene rings is 2. The Morgan fingerprint density at radius 1 is 1.29 bits per heavy atom. The van der Waals surface area contributed by atoms with Gasteiger partial charge in [0.25, 0.3) is 5.91 Å². The van der Waals surface area contributed by atoms with Crippen LogP contribution >= 0.6 is 11.6 Å². The molecule has 1 aliphatic heterocycles. The van der Waals surface area contributed by atoms with E-state index in [0.29, 0.717) is 6.54 Å². The van der Waals surface area contributed by atoms with Crippen molar-refractivity contribution in [2.45, 2.75) is 32.2 Å². The highest BCUT2D eigenvalue weighted by Crippen LogP contribution is 2.31. The van der Waals surface area contributed by atoms with E-state index in [1.54, 1.807) is 11.8 Å². The van der Waals surface area contributed by atoms with Crippen LogP contribution in [0.15, 0.2) is 42.5 Å². The van der Waals surface area contributed by atoms with Crippen molar-refractivity contribution in [2.75, 3.05) is 22.0 Å². The molecule has 0 spiro atoms. The van der Waals surface area contributed by atoms with Crippen LogP contribution in [0.2, 0.25) is 5.02 Å². The van der Waals surface area contributed by atoms with E-state index in [-0.39, 0.29) is 23.0 Å². The molecule has 2 aromatic rings. The van der Waals surface area contributed by atoms with E-state index in [4.69, 9.17) is 11.6 Å². The van der Waals surface area contributed by atoms with Crippen LogP contribution in [-0.2, 0) is 21.2 Å². The van der Waals surface area contributed by atoms with Gasteiger partial charge >= 0.3 is 0 Å². The topological polar surface area (TPSA) is 57.7 Å². The molecule has 8 heteroatoms. The molecular weight excluding hydrogens is 403 g/mol. The van der Waals surface area contributed by atoms with Gasteiger partial charge in [0, 0.05) is 12.2 Å². The average molecular weight is 425 g/mol. The summed E-state index contributed by atoms with van der Waals surface area (Å²) in [6, 6.07) is 10.3. The van der Waals surface area contributed by atoms with Gasteiger partial charge in [0.2, 0.25) is 10.0 Å². The van der Waals surface area contributed by atoms with Gasteiger partial charge in [-0.1, -0.05) is 36.7 Å². The van der Waals surface area contributed by atoms with Crippen molar-refractivity contribution in [3.63, 3.8) is 0 Å². The Morgan fingerprint density at radius 3 is 2.64 bits per heavy atom. The number of sulfonamides is 1. The molecule has 2 aromatic carbocycles. The Morgan fingerprint density at radius 2 is 2.00 bits per heavy atom. The zero-order valence-electron chi connectivity index (χ0n) is 15.7. The number of carbonyl (C=O) groups is 1. The second-order valence-electron chi connectivity index (χ2n) is 6.80. The van der Waals surface area contributed by atoms with E-state index in [2.05, 4.69) is 0 Å². The number of amides is 1. The highest BCUT2D eigenvalue weighted by Gasteiger charge is 2.36. The van der Waals surface area contributed by atoms with Gasteiger partial charge in [-0.2, -0.15) is 0 Å². The summed E-state index contributed by atoms with van der Waals surface area (Å²) >= 11 is 5.86. The predicted molar refractivity (Wildman–Crippen MR) is 110 cm³/mol. The molecule has 3 rings (SSSR count). The fourth-order valence-electron chi connectivity index (χ4n) is 3.61. The Labute approximate surface area is 169 Å². The van der Waals surface area contributed by atoms with E-state index < -0.39 is 21.9 Å². The SMILES string of the molecule is CC[C@H](C(=O)N1CCCc2ccccc21)N(c1ccc(F)c(Cl)c1)S(C)(=O)=O. The van der Waals surface area contributed by atoms with Crippen LogP contribution in [-0.4, -0.2) is 33.2 Å². The van der Waals surface area contributed by atoms with E-state index in [1.165, 1.54) is 12.1 Å². The lowest BCUT2D eigenvalue weighted by atomic mass is 10.0. The maximum absolute atomic E-state index is 13.6. The third kappa shape index (κ3) is 4.00. The van der Waals surface area contributed by atoms with Gasteiger partial charge in [-0.3, -0.25) is 9.10 Å². The number of hydrogen-bond donors (Lipinski definition) is 0. The molecule has 5 nitrogen and oxygen atoms in total. The molecule has 150 valence electrons. The van der Waals surface area contributed by atoms with Gasteiger partial charge < -0.3 is 4.90 Å². The highest BCUT2D eigenvalue weighted by molar-refractivity contribution is 7.92. The zero-order valence-corrected chi connectivity index (χ0v) is 17.3. The van der Waals surface area contributed by atoms with Crippen LogP contribution in [0.4, 0.5) is 15.8 Å². The van der Waals surface area contributed by atoms with Crippen molar-refractivity contribution in [2.24, 2.45) is 0 Å². The van der Waals surface area contributed by atoms with Crippen molar-refractivity contribution < 1.29 is 17.6 Å². The van der Waals surface area contributed by atoms with Gasteiger partial charge in [-0.25, -0.2) is 12.8 Å². The standard InChI is InChI=1S/C20H22ClFN2O3S/c1-3-18(20(25)23-12-6-8-14-7-4-5-9-19(14)23)24(28(2,26)27)15-10-11-17(22)16(21)13-15/h4-5,7,9-11,13,18H,3,6,8,12H2,1-2H3/t18-/m1/s1. The van der Waals surface area contributed by atoms with E-state index in [0.717, 1.165) is 40.7 Å². The predicted octanol–water partition coefficient (Wildman–Crippen LogP) is 4.00. The summed E-state index contributed by atoms with van der Waals surface area (Å²) in [6.45, 7) is 2.27. The first-order valence-corrected chi connectivity index (χ1v) is 11.3. The molecule has 0 saturated heterocycles. The molecule has 0 saturated carbocycles. The molecule has 0 unspecified atom stereocenters. The molecule has 0 aliphatic carbocycles. The lowest BCUT2D eigenvalue weighted by Crippen LogP contribution is -2.52. The number of carbonyl (C=O) groups excluding carboxylic acids is 1. The van der Waals surface area contributed by atoms with E-state index in [9.17, 15) is 17.6 Å². The molecule has 0 N–H and O–H groups in total. The number of halogens is 2. The van der Waals surface area contributed by atoms with Crippen molar-refractivity contribution in [1.82, 2.24) is 0 Å². The zero-order chi connectivity index (χ0) is 20.5. The fraction of sp³-hybridized carbons (Fsp3) is 0.350. The lowest BCUT2D eigenvalue weighted by Gasteiger charge is -2.36. The van der Waals surface area contributed by atoms with Crippen molar-refractivity contribution in [1.29, 1.82) is 0 Å². The lowest BCUT2D eigenvalue weighted by molar-refractivity contribution is -0.119. The highest BCUT2D eigenvalue weighted by atomic mass is 35.5. The summed E-state index contributed by atoms with van der Waals surface area (Å²) in [7, 11) is -3.82. The van der Waals surface area contributed by atoms with Crippen LogP contribution in [0.25, 0.3) is 0 Å². The van der Waals surface area contributed by atoms with Crippen LogP contribution in [0.1, 0.15) is 25.3 Å². The second-order valence-corrected chi connectivity index (χ2v) is 9.07. The molecule has 1 aliphatic rings. The van der Waals surface area contributed by atoms with Crippen molar-refractivity contribution in [3.8, 4) is 0 Å². The minimum Gasteiger partial charge on any atom is -0.310 e.